The zero-order chi connectivity index (χ0) is 11.5. The molecule has 0 aromatic heterocycles. The molecule has 0 aromatic carbocycles. The Morgan fingerprint density at radius 3 is 2.47 bits per heavy atom. The first-order valence-electron chi connectivity index (χ1n) is 5.34. The van der Waals surface area contributed by atoms with Gasteiger partial charge in [-0.1, -0.05) is 0 Å². The van der Waals surface area contributed by atoms with Crippen LogP contribution in [0.25, 0.3) is 0 Å². The number of methoxy groups -OCH3 is 2. The lowest BCUT2D eigenvalue weighted by Crippen LogP contribution is -2.50. The van der Waals surface area contributed by atoms with Crippen LogP contribution in [-0.2, 0) is 14.2 Å². The third-order valence-electron chi connectivity index (χ3n) is 3.04. The molecule has 15 heavy (non-hydrogen) atoms. The van der Waals surface area contributed by atoms with Crippen LogP contribution in [0.15, 0.2) is 0 Å². The van der Waals surface area contributed by atoms with E-state index in [2.05, 4.69) is 13.8 Å². The van der Waals surface area contributed by atoms with E-state index < -0.39 is 0 Å². The van der Waals surface area contributed by atoms with Gasteiger partial charge in [-0.15, -0.1) is 11.6 Å². The number of hydrogen-bond donors (Lipinski definition) is 0. The minimum Gasteiger partial charge on any atom is -0.379 e. The van der Waals surface area contributed by atoms with Crippen LogP contribution in [0.2, 0.25) is 0 Å². The van der Waals surface area contributed by atoms with Gasteiger partial charge in [-0.05, 0) is 26.7 Å². The molecule has 0 spiro atoms. The molecule has 1 fully saturated rings. The third kappa shape index (κ3) is 3.59. The fraction of sp³-hybridized carbons (Fsp3) is 1.00. The lowest BCUT2D eigenvalue weighted by molar-refractivity contribution is -0.120. The van der Waals surface area contributed by atoms with Crippen molar-refractivity contribution in [3.63, 3.8) is 0 Å². The fourth-order valence-electron chi connectivity index (χ4n) is 1.55. The van der Waals surface area contributed by atoms with Crippen LogP contribution in [0, 0.1) is 0 Å². The molecule has 3 nitrogen and oxygen atoms in total. The van der Waals surface area contributed by atoms with Crippen molar-refractivity contribution < 1.29 is 14.2 Å². The predicted molar refractivity (Wildman–Crippen MR) is 60.5 cm³/mol. The molecule has 0 bridgehead atoms. The fourth-order valence-corrected chi connectivity index (χ4v) is 1.99. The van der Waals surface area contributed by atoms with Crippen LogP contribution in [0.3, 0.4) is 0 Å². The Morgan fingerprint density at radius 1 is 1.33 bits per heavy atom. The van der Waals surface area contributed by atoms with Crippen molar-refractivity contribution in [1.82, 2.24) is 0 Å². The minimum atomic E-state index is -0.118. The summed E-state index contributed by atoms with van der Waals surface area (Å²) in [6, 6.07) is 0. The maximum Gasteiger partial charge on any atom is 0.0997 e. The SMILES string of the molecule is COC1C(Cl)CC1OCCC(C)(C)OC. The number of hydrogen-bond acceptors (Lipinski definition) is 3. The average Bonchev–Trinajstić information content (AvgIpc) is 2.17. The van der Waals surface area contributed by atoms with Crippen molar-refractivity contribution in [2.75, 3.05) is 20.8 Å². The van der Waals surface area contributed by atoms with Gasteiger partial charge in [0.05, 0.1) is 23.2 Å². The van der Waals surface area contributed by atoms with Crippen molar-refractivity contribution in [2.24, 2.45) is 0 Å². The molecule has 90 valence electrons. The molecule has 3 unspecified atom stereocenters. The largest absolute Gasteiger partial charge is 0.379 e. The van der Waals surface area contributed by atoms with Gasteiger partial charge in [-0.3, -0.25) is 0 Å². The third-order valence-corrected chi connectivity index (χ3v) is 3.47. The second-order valence-corrected chi connectivity index (χ2v) is 5.14. The molecule has 1 aliphatic rings. The van der Waals surface area contributed by atoms with Crippen LogP contribution in [0.5, 0.6) is 0 Å². The van der Waals surface area contributed by atoms with Crippen molar-refractivity contribution in [3.05, 3.63) is 0 Å². The number of ether oxygens (including phenoxy) is 3. The Hall–Kier alpha value is 0.170. The molecule has 0 aliphatic heterocycles. The Balaban J connectivity index is 2.16. The maximum atomic E-state index is 5.98. The summed E-state index contributed by atoms with van der Waals surface area (Å²) >= 11 is 5.98. The summed E-state index contributed by atoms with van der Waals surface area (Å²) < 4.78 is 16.2. The van der Waals surface area contributed by atoms with E-state index in [-0.39, 0.29) is 23.2 Å². The van der Waals surface area contributed by atoms with Crippen molar-refractivity contribution >= 4 is 11.6 Å². The summed E-state index contributed by atoms with van der Waals surface area (Å²) in [5.41, 5.74) is -0.118. The first-order valence-corrected chi connectivity index (χ1v) is 5.77. The van der Waals surface area contributed by atoms with Crippen LogP contribution in [0.4, 0.5) is 0 Å². The van der Waals surface area contributed by atoms with Gasteiger partial charge >= 0.3 is 0 Å². The van der Waals surface area contributed by atoms with Crippen molar-refractivity contribution in [2.45, 2.75) is 49.9 Å². The van der Waals surface area contributed by atoms with E-state index in [4.69, 9.17) is 25.8 Å². The second-order valence-electron chi connectivity index (χ2n) is 4.58. The molecule has 0 N–H and O–H groups in total. The molecule has 0 heterocycles. The molecule has 0 aromatic rings. The average molecular weight is 237 g/mol. The zero-order valence-electron chi connectivity index (χ0n) is 9.96. The van der Waals surface area contributed by atoms with Crippen LogP contribution in [0.1, 0.15) is 26.7 Å². The van der Waals surface area contributed by atoms with Gasteiger partial charge < -0.3 is 14.2 Å². The highest BCUT2D eigenvalue weighted by Gasteiger charge is 2.41. The highest BCUT2D eigenvalue weighted by molar-refractivity contribution is 6.21. The molecule has 1 aliphatic carbocycles. The molecule has 0 radical (unpaired) electrons. The molecule has 4 heteroatoms. The highest BCUT2D eigenvalue weighted by Crippen LogP contribution is 2.31. The Kier molecular flexibility index (Phi) is 4.84. The zero-order valence-corrected chi connectivity index (χ0v) is 10.7. The molecule has 1 rings (SSSR count). The van der Waals surface area contributed by atoms with E-state index in [0.717, 1.165) is 12.8 Å². The van der Waals surface area contributed by atoms with Crippen molar-refractivity contribution in [3.8, 4) is 0 Å². The van der Waals surface area contributed by atoms with Gasteiger partial charge in [0.25, 0.3) is 0 Å². The van der Waals surface area contributed by atoms with E-state index in [1.165, 1.54) is 0 Å². The second kappa shape index (κ2) is 5.48. The van der Waals surface area contributed by atoms with E-state index in [9.17, 15) is 0 Å². The lowest BCUT2D eigenvalue weighted by Gasteiger charge is -2.40. The number of rotatable bonds is 6. The van der Waals surface area contributed by atoms with Crippen molar-refractivity contribution in [1.29, 1.82) is 0 Å². The summed E-state index contributed by atoms with van der Waals surface area (Å²) in [7, 11) is 3.39. The van der Waals surface area contributed by atoms with E-state index in [1.807, 2.05) is 0 Å². The monoisotopic (exact) mass is 236 g/mol. The first-order chi connectivity index (χ1) is 7.00. The summed E-state index contributed by atoms with van der Waals surface area (Å²) in [4.78, 5) is 0. The summed E-state index contributed by atoms with van der Waals surface area (Å²) in [5, 5.41) is 0.107. The van der Waals surface area contributed by atoms with Gasteiger partial charge in [0.1, 0.15) is 0 Å². The quantitative estimate of drug-likeness (QED) is 0.662. The molecular formula is C11H21ClO3. The molecular weight excluding hydrogens is 216 g/mol. The Morgan fingerprint density at radius 2 is 2.00 bits per heavy atom. The molecule has 0 amide bonds. The molecule has 1 saturated carbocycles. The van der Waals surface area contributed by atoms with Crippen LogP contribution in [-0.4, -0.2) is 44.0 Å². The van der Waals surface area contributed by atoms with Crippen LogP contribution < -0.4 is 0 Å². The summed E-state index contributed by atoms with van der Waals surface area (Å²) in [6.45, 7) is 4.79. The van der Waals surface area contributed by atoms with E-state index >= 15 is 0 Å². The smallest absolute Gasteiger partial charge is 0.0997 e. The van der Waals surface area contributed by atoms with Crippen LogP contribution >= 0.6 is 11.6 Å². The van der Waals surface area contributed by atoms with Gasteiger partial charge in [0.2, 0.25) is 0 Å². The van der Waals surface area contributed by atoms with Gasteiger partial charge in [-0.2, -0.15) is 0 Å². The highest BCUT2D eigenvalue weighted by atomic mass is 35.5. The number of alkyl halides is 1. The van der Waals surface area contributed by atoms with E-state index in [0.29, 0.717) is 6.61 Å². The normalized spacial score (nSPS) is 31.4. The summed E-state index contributed by atoms with van der Waals surface area (Å²) in [6.07, 6.45) is 1.97. The molecule has 0 saturated heterocycles. The Labute approximate surface area is 97.0 Å². The topological polar surface area (TPSA) is 27.7 Å². The van der Waals surface area contributed by atoms with Gasteiger partial charge in [0.15, 0.2) is 0 Å². The summed E-state index contributed by atoms with van der Waals surface area (Å²) in [5.74, 6) is 0. The maximum absolute atomic E-state index is 5.98. The minimum absolute atomic E-state index is 0.0531. The standard InChI is InChI=1S/C11H21ClO3/c1-11(2,14-4)5-6-15-9-7-8(12)10(9)13-3/h8-10H,5-7H2,1-4H3. The van der Waals surface area contributed by atoms with Gasteiger partial charge in [-0.25, -0.2) is 0 Å². The predicted octanol–water partition coefficient (Wildman–Crippen LogP) is 2.21. The first kappa shape index (κ1) is 13.2. The Bertz CT molecular complexity index is 196. The lowest BCUT2D eigenvalue weighted by atomic mass is 9.91. The van der Waals surface area contributed by atoms with Gasteiger partial charge in [0, 0.05) is 20.8 Å². The molecule has 3 atom stereocenters. The van der Waals surface area contributed by atoms with E-state index in [1.54, 1.807) is 14.2 Å². The number of halogens is 1.